The van der Waals surface area contributed by atoms with Gasteiger partial charge in [0.25, 0.3) is 0 Å². The number of rotatable bonds is 6. The van der Waals surface area contributed by atoms with Crippen molar-refractivity contribution in [1.29, 1.82) is 0 Å². The number of hydrogen-bond acceptors (Lipinski definition) is 4. The van der Waals surface area contributed by atoms with Crippen molar-refractivity contribution in [2.75, 3.05) is 0 Å². The average molecular weight is 378 g/mol. The van der Waals surface area contributed by atoms with Gasteiger partial charge in [-0.15, -0.1) is 0 Å². The van der Waals surface area contributed by atoms with Gasteiger partial charge in [0.15, 0.2) is 14.1 Å². The van der Waals surface area contributed by atoms with E-state index in [0.29, 0.717) is 0 Å². The molecule has 0 bridgehead atoms. The lowest BCUT2D eigenvalue weighted by Gasteiger charge is -2.46. The molecular weight excluding hydrogens is 346 g/mol. The van der Waals surface area contributed by atoms with Crippen LogP contribution in [-0.2, 0) is 9.22 Å². The van der Waals surface area contributed by atoms with E-state index in [2.05, 4.69) is 39.2 Å². The number of carbonyl (C=O) groups excluding carboxylic acids is 2. The molecule has 1 aliphatic heterocycles. The molecule has 0 radical (unpaired) electrons. The molecule has 4 atom stereocenters. The monoisotopic (exact) mass is 377 g/mol. The average Bonchev–Trinajstić information content (AvgIpc) is 2.49. The highest BCUT2D eigenvalue weighted by atomic mass is 28.4. The van der Waals surface area contributed by atoms with Gasteiger partial charge in [0.1, 0.15) is 5.75 Å². The Labute approximate surface area is 157 Å². The Morgan fingerprint density at radius 1 is 1.23 bits per heavy atom. The number of nitrogens with one attached hydrogen (secondary N) is 1. The quantitative estimate of drug-likeness (QED) is 0.450. The summed E-state index contributed by atoms with van der Waals surface area (Å²) < 4.78 is 6.38. The molecule has 1 aromatic carbocycles. The van der Waals surface area contributed by atoms with Crippen molar-refractivity contribution < 1.29 is 19.1 Å². The lowest BCUT2D eigenvalue weighted by atomic mass is 9.76. The lowest BCUT2D eigenvalue weighted by Crippen LogP contribution is -2.66. The molecule has 1 aromatic rings. The number of carbonyl (C=O) groups is 2. The highest BCUT2D eigenvalue weighted by Crippen LogP contribution is 2.40. The van der Waals surface area contributed by atoms with Gasteiger partial charge in [-0.05, 0) is 37.2 Å². The lowest BCUT2D eigenvalue weighted by molar-refractivity contribution is -0.141. The van der Waals surface area contributed by atoms with Gasteiger partial charge in [0.2, 0.25) is 5.91 Å². The maximum absolute atomic E-state index is 12.8. The van der Waals surface area contributed by atoms with E-state index in [-0.39, 0.29) is 46.1 Å². The SMILES string of the molecule is C[C@@H](O[Si](C)(C)C(C)(C)C)[C@H]1C(=O)N[C@@H]1[C@@H](C)C(=O)c1ccccc1O. The van der Waals surface area contributed by atoms with Crippen molar-refractivity contribution >= 4 is 20.0 Å². The highest BCUT2D eigenvalue weighted by molar-refractivity contribution is 6.74. The van der Waals surface area contributed by atoms with Crippen molar-refractivity contribution in [2.24, 2.45) is 11.8 Å². The standard InChI is InChI=1S/C20H31NO4Si/c1-12(18(23)14-10-8-9-11-15(14)22)17-16(19(24)21-17)13(2)25-26(6,7)20(3,4)5/h8-13,16-17,22H,1-7H3,(H,21,24)/t12-,13-,16-,17-/m1/s1. The molecule has 0 unspecified atom stereocenters. The molecule has 0 aliphatic carbocycles. The van der Waals surface area contributed by atoms with E-state index in [0.717, 1.165) is 0 Å². The third kappa shape index (κ3) is 3.86. The predicted molar refractivity (Wildman–Crippen MR) is 105 cm³/mol. The zero-order valence-electron chi connectivity index (χ0n) is 16.8. The zero-order valence-corrected chi connectivity index (χ0v) is 17.8. The van der Waals surface area contributed by atoms with E-state index < -0.39 is 14.2 Å². The van der Waals surface area contributed by atoms with Gasteiger partial charge >= 0.3 is 0 Å². The van der Waals surface area contributed by atoms with E-state index in [1.165, 1.54) is 6.07 Å². The van der Waals surface area contributed by atoms with Gasteiger partial charge in [0.05, 0.1) is 23.6 Å². The molecule has 26 heavy (non-hydrogen) atoms. The first-order valence-electron chi connectivity index (χ1n) is 9.17. The van der Waals surface area contributed by atoms with E-state index >= 15 is 0 Å². The number of hydrogen-bond donors (Lipinski definition) is 2. The maximum atomic E-state index is 12.8. The summed E-state index contributed by atoms with van der Waals surface area (Å²) in [5.74, 6) is -1.06. The summed E-state index contributed by atoms with van der Waals surface area (Å²) in [6.07, 6.45) is -0.255. The first-order chi connectivity index (χ1) is 11.9. The number of benzene rings is 1. The Kier molecular flexibility index (Phi) is 5.68. The van der Waals surface area contributed by atoms with Crippen LogP contribution in [-0.4, -0.2) is 37.3 Å². The van der Waals surface area contributed by atoms with Gasteiger partial charge in [-0.1, -0.05) is 39.8 Å². The smallest absolute Gasteiger partial charge is 0.228 e. The molecule has 1 saturated heterocycles. The Bertz CT molecular complexity index is 695. The Morgan fingerprint density at radius 2 is 1.81 bits per heavy atom. The Balaban J connectivity index is 2.14. The summed E-state index contributed by atoms with van der Waals surface area (Å²) in [6.45, 7) is 14.5. The second-order valence-electron chi connectivity index (χ2n) is 8.81. The van der Waals surface area contributed by atoms with Crippen LogP contribution >= 0.6 is 0 Å². The second kappa shape index (κ2) is 7.16. The molecule has 1 fully saturated rings. The number of para-hydroxylation sites is 1. The summed E-state index contributed by atoms with van der Waals surface area (Å²) in [4.78, 5) is 25.0. The van der Waals surface area contributed by atoms with Gasteiger partial charge in [-0.3, -0.25) is 9.59 Å². The molecule has 1 heterocycles. The van der Waals surface area contributed by atoms with Crippen molar-refractivity contribution in [2.45, 2.75) is 64.9 Å². The molecule has 144 valence electrons. The van der Waals surface area contributed by atoms with E-state index in [9.17, 15) is 14.7 Å². The fourth-order valence-electron chi connectivity index (χ4n) is 3.16. The first kappa shape index (κ1) is 20.6. The van der Waals surface area contributed by atoms with E-state index in [1.807, 2.05) is 6.92 Å². The molecule has 6 heteroatoms. The molecule has 2 N–H and O–H groups in total. The van der Waals surface area contributed by atoms with Gasteiger partial charge in [-0.2, -0.15) is 0 Å². The minimum atomic E-state index is -2.01. The van der Waals surface area contributed by atoms with Crippen LogP contribution in [0.2, 0.25) is 18.1 Å². The van der Waals surface area contributed by atoms with Gasteiger partial charge in [0, 0.05) is 5.92 Å². The number of phenols is 1. The molecular formula is C20H31NO4Si. The molecule has 1 amide bonds. The first-order valence-corrected chi connectivity index (χ1v) is 12.1. The summed E-state index contributed by atoms with van der Waals surface area (Å²) in [6, 6.07) is 6.23. The van der Waals surface area contributed by atoms with Crippen LogP contribution in [0.1, 0.15) is 45.0 Å². The second-order valence-corrected chi connectivity index (χ2v) is 13.6. The van der Waals surface area contributed by atoms with Crippen LogP contribution in [0.5, 0.6) is 5.75 Å². The summed E-state index contributed by atoms with van der Waals surface area (Å²) in [5, 5.41) is 12.9. The Hall–Kier alpha value is -1.66. The highest BCUT2D eigenvalue weighted by Gasteiger charge is 2.50. The summed E-state index contributed by atoms with van der Waals surface area (Å²) in [7, 11) is -2.01. The third-order valence-electron chi connectivity index (χ3n) is 5.91. The molecule has 0 saturated carbocycles. The van der Waals surface area contributed by atoms with Crippen LogP contribution < -0.4 is 5.32 Å². The fourth-order valence-corrected chi connectivity index (χ4v) is 4.59. The maximum Gasteiger partial charge on any atom is 0.228 e. The zero-order chi connectivity index (χ0) is 19.9. The topological polar surface area (TPSA) is 75.6 Å². The number of β-lactam (4-membered cyclic amide) rings is 1. The predicted octanol–water partition coefficient (Wildman–Crippen LogP) is 3.74. The third-order valence-corrected chi connectivity index (χ3v) is 10.5. The molecule has 0 spiro atoms. The largest absolute Gasteiger partial charge is 0.507 e. The van der Waals surface area contributed by atoms with E-state index in [4.69, 9.17) is 4.43 Å². The van der Waals surface area contributed by atoms with Gasteiger partial charge < -0.3 is 14.8 Å². The van der Waals surface area contributed by atoms with Crippen LogP contribution in [0.4, 0.5) is 0 Å². The van der Waals surface area contributed by atoms with Crippen molar-refractivity contribution in [3.05, 3.63) is 29.8 Å². The molecule has 5 nitrogen and oxygen atoms in total. The normalized spacial score (nSPS) is 23.0. The van der Waals surface area contributed by atoms with Crippen molar-refractivity contribution in [1.82, 2.24) is 5.32 Å². The van der Waals surface area contributed by atoms with E-state index in [1.54, 1.807) is 25.1 Å². The van der Waals surface area contributed by atoms with Gasteiger partial charge in [-0.25, -0.2) is 0 Å². The Morgan fingerprint density at radius 3 is 2.31 bits per heavy atom. The number of phenolic OH excluding ortho intramolecular Hbond substituents is 1. The van der Waals surface area contributed by atoms with Crippen LogP contribution in [0.3, 0.4) is 0 Å². The summed E-state index contributed by atoms with van der Waals surface area (Å²) in [5.41, 5.74) is 0.290. The minimum Gasteiger partial charge on any atom is -0.507 e. The van der Waals surface area contributed by atoms with Crippen LogP contribution in [0, 0.1) is 11.8 Å². The number of ketones is 1. The molecule has 0 aromatic heterocycles. The summed E-state index contributed by atoms with van der Waals surface area (Å²) >= 11 is 0. The minimum absolute atomic E-state index is 0.0304. The van der Waals surface area contributed by atoms with Crippen LogP contribution in [0.15, 0.2) is 24.3 Å². The molecule has 2 rings (SSSR count). The van der Waals surface area contributed by atoms with Crippen molar-refractivity contribution in [3.8, 4) is 5.75 Å². The molecule has 1 aliphatic rings. The van der Waals surface area contributed by atoms with Crippen molar-refractivity contribution in [3.63, 3.8) is 0 Å². The number of amides is 1. The number of aromatic hydroxyl groups is 1. The fraction of sp³-hybridized carbons (Fsp3) is 0.600. The van der Waals surface area contributed by atoms with Crippen LogP contribution in [0.25, 0.3) is 0 Å². The number of Topliss-reactive ketones (excluding diaryl/α,β-unsaturated/α-hetero) is 1.